The van der Waals surface area contributed by atoms with Crippen LogP contribution < -0.4 is 10.1 Å². The molecule has 2 aromatic carbocycles. The van der Waals surface area contributed by atoms with Gasteiger partial charge >= 0.3 is 0 Å². The first-order valence-electron chi connectivity index (χ1n) is 8.51. The Hall–Kier alpha value is -2.82. The van der Waals surface area contributed by atoms with Crippen LogP contribution >= 0.6 is 0 Å². The highest BCUT2D eigenvalue weighted by Gasteiger charge is 2.45. The van der Waals surface area contributed by atoms with Gasteiger partial charge < -0.3 is 10.1 Å². The molecule has 5 nitrogen and oxygen atoms in total. The number of likely N-dealkylation sites (tertiary alicyclic amines) is 1. The van der Waals surface area contributed by atoms with Crippen molar-refractivity contribution in [2.75, 3.05) is 11.9 Å². The van der Waals surface area contributed by atoms with Crippen molar-refractivity contribution in [3.8, 4) is 5.75 Å². The van der Waals surface area contributed by atoms with E-state index >= 15 is 0 Å². The summed E-state index contributed by atoms with van der Waals surface area (Å²) in [5.41, 5.74) is 1.18. The van der Waals surface area contributed by atoms with Gasteiger partial charge in [-0.3, -0.25) is 14.5 Å². The quantitative estimate of drug-likeness (QED) is 0.876. The molecule has 5 heteroatoms. The fourth-order valence-corrected chi connectivity index (χ4v) is 3.56. The van der Waals surface area contributed by atoms with Crippen LogP contribution in [0.3, 0.4) is 0 Å². The molecule has 1 fully saturated rings. The van der Waals surface area contributed by atoms with E-state index in [-0.39, 0.29) is 24.4 Å². The first-order valence-corrected chi connectivity index (χ1v) is 8.51. The second kappa shape index (κ2) is 5.92. The van der Waals surface area contributed by atoms with E-state index in [1.54, 1.807) is 0 Å². The molecule has 0 radical (unpaired) electrons. The molecule has 0 aliphatic carbocycles. The molecule has 2 unspecified atom stereocenters. The van der Waals surface area contributed by atoms with Gasteiger partial charge in [0.15, 0.2) is 5.60 Å². The number of imide groups is 1. The summed E-state index contributed by atoms with van der Waals surface area (Å²) in [4.78, 5) is 25.5. The van der Waals surface area contributed by atoms with Crippen LogP contribution in [-0.4, -0.2) is 29.3 Å². The molecule has 1 saturated heterocycles. The summed E-state index contributed by atoms with van der Waals surface area (Å²) in [5, 5.41) is 3.48. The van der Waals surface area contributed by atoms with Gasteiger partial charge in [-0.2, -0.15) is 0 Å². The number of amides is 2. The van der Waals surface area contributed by atoms with Gasteiger partial charge in [0.25, 0.3) is 0 Å². The molecule has 2 atom stereocenters. The predicted molar refractivity (Wildman–Crippen MR) is 94.2 cm³/mol. The number of para-hydroxylation sites is 2. The third-order valence-electron chi connectivity index (χ3n) is 5.07. The topological polar surface area (TPSA) is 58.6 Å². The van der Waals surface area contributed by atoms with Crippen LogP contribution in [0.15, 0.2) is 54.6 Å². The molecule has 2 aliphatic rings. The van der Waals surface area contributed by atoms with Crippen molar-refractivity contribution in [3.05, 3.63) is 60.2 Å². The Morgan fingerprint density at radius 3 is 2.40 bits per heavy atom. The van der Waals surface area contributed by atoms with Crippen molar-refractivity contribution in [2.45, 2.75) is 31.4 Å². The van der Waals surface area contributed by atoms with E-state index in [1.165, 1.54) is 4.90 Å². The summed E-state index contributed by atoms with van der Waals surface area (Å²) in [5.74, 6) is 0.548. The number of carbonyl (C=O) groups excluding carboxylic acids is 2. The lowest BCUT2D eigenvalue weighted by Crippen LogP contribution is -2.55. The van der Waals surface area contributed by atoms with E-state index in [1.807, 2.05) is 61.5 Å². The third-order valence-corrected chi connectivity index (χ3v) is 5.07. The smallest absolute Gasteiger partial charge is 0.229 e. The van der Waals surface area contributed by atoms with Gasteiger partial charge in [0.1, 0.15) is 5.75 Å². The SMILES string of the molecule is CC1(c2ccccc2)Oc2ccccc2NC1CN1C(=O)CCC1=O. The molecular weight excluding hydrogens is 316 g/mol. The maximum atomic E-state index is 12.1. The van der Waals surface area contributed by atoms with E-state index < -0.39 is 5.60 Å². The highest BCUT2D eigenvalue weighted by molar-refractivity contribution is 6.02. The number of fused-ring (bicyclic) bond motifs is 1. The van der Waals surface area contributed by atoms with Gasteiger partial charge in [0.05, 0.1) is 18.3 Å². The zero-order valence-corrected chi connectivity index (χ0v) is 14.1. The number of nitrogens with zero attached hydrogens (tertiary/aromatic N) is 1. The van der Waals surface area contributed by atoms with Crippen LogP contribution in [0.2, 0.25) is 0 Å². The van der Waals surface area contributed by atoms with E-state index in [9.17, 15) is 9.59 Å². The molecule has 0 spiro atoms. The largest absolute Gasteiger partial charge is 0.478 e. The van der Waals surface area contributed by atoms with Gasteiger partial charge in [-0.05, 0) is 24.6 Å². The van der Waals surface area contributed by atoms with Gasteiger partial charge in [0.2, 0.25) is 11.8 Å². The summed E-state index contributed by atoms with van der Waals surface area (Å²) in [6.07, 6.45) is 0.593. The minimum atomic E-state index is -0.696. The Kier molecular flexibility index (Phi) is 3.71. The Balaban J connectivity index is 1.73. The van der Waals surface area contributed by atoms with E-state index in [0.717, 1.165) is 17.0 Å². The maximum absolute atomic E-state index is 12.1. The Labute approximate surface area is 146 Å². The first-order chi connectivity index (χ1) is 12.1. The van der Waals surface area contributed by atoms with Gasteiger partial charge in [-0.1, -0.05) is 42.5 Å². The van der Waals surface area contributed by atoms with Crippen LogP contribution in [0, 0.1) is 0 Å². The molecular formula is C20H20N2O3. The molecule has 2 aromatic rings. The molecule has 1 N–H and O–H groups in total. The Morgan fingerprint density at radius 1 is 1.04 bits per heavy atom. The van der Waals surface area contributed by atoms with Crippen molar-refractivity contribution < 1.29 is 14.3 Å². The molecule has 0 bridgehead atoms. The van der Waals surface area contributed by atoms with Crippen molar-refractivity contribution in [2.24, 2.45) is 0 Å². The number of anilines is 1. The molecule has 25 heavy (non-hydrogen) atoms. The molecule has 2 heterocycles. The van der Waals surface area contributed by atoms with E-state index in [4.69, 9.17) is 4.74 Å². The monoisotopic (exact) mass is 336 g/mol. The molecule has 4 rings (SSSR count). The Morgan fingerprint density at radius 2 is 1.68 bits per heavy atom. The van der Waals surface area contributed by atoms with Crippen LogP contribution in [0.25, 0.3) is 0 Å². The zero-order valence-electron chi connectivity index (χ0n) is 14.1. The van der Waals surface area contributed by atoms with Crippen LogP contribution in [0.5, 0.6) is 5.75 Å². The minimum Gasteiger partial charge on any atom is -0.478 e. The van der Waals surface area contributed by atoms with Gasteiger partial charge in [0, 0.05) is 12.8 Å². The van der Waals surface area contributed by atoms with Crippen molar-refractivity contribution in [1.29, 1.82) is 0 Å². The number of ether oxygens (including phenoxy) is 1. The average Bonchev–Trinajstić information content (AvgIpc) is 2.95. The third kappa shape index (κ3) is 2.65. The fourth-order valence-electron chi connectivity index (χ4n) is 3.56. The fraction of sp³-hybridized carbons (Fsp3) is 0.300. The second-order valence-electron chi connectivity index (χ2n) is 6.67. The highest BCUT2D eigenvalue weighted by Crippen LogP contribution is 2.41. The lowest BCUT2D eigenvalue weighted by Gasteiger charge is -2.44. The van der Waals surface area contributed by atoms with E-state index in [2.05, 4.69) is 5.32 Å². The number of hydrogen-bond donors (Lipinski definition) is 1. The van der Waals surface area contributed by atoms with Gasteiger partial charge in [-0.25, -0.2) is 0 Å². The lowest BCUT2D eigenvalue weighted by molar-refractivity contribution is -0.139. The summed E-state index contributed by atoms with van der Waals surface area (Å²) in [7, 11) is 0. The van der Waals surface area contributed by atoms with Crippen LogP contribution in [-0.2, 0) is 15.2 Å². The maximum Gasteiger partial charge on any atom is 0.229 e. The summed E-state index contributed by atoms with van der Waals surface area (Å²) >= 11 is 0. The van der Waals surface area contributed by atoms with Crippen LogP contribution in [0.1, 0.15) is 25.3 Å². The minimum absolute atomic E-state index is 0.110. The zero-order chi connectivity index (χ0) is 17.4. The second-order valence-corrected chi connectivity index (χ2v) is 6.67. The standard InChI is InChI=1S/C20H20N2O3/c1-20(14-7-3-2-4-8-14)17(13-22-18(23)11-12-19(22)24)21-15-9-5-6-10-16(15)25-20/h2-10,17,21H,11-13H2,1H3. The van der Waals surface area contributed by atoms with Crippen molar-refractivity contribution in [1.82, 2.24) is 4.90 Å². The number of benzene rings is 2. The first kappa shape index (κ1) is 15.7. The number of rotatable bonds is 3. The van der Waals surface area contributed by atoms with E-state index in [0.29, 0.717) is 12.8 Å². The molecule has 0 aromatic heterocycles. The number of nitrogens with one attached hydrogen (secondary N) is 1. The molecule has 128 valence electrons. The van der Waals surface area contributed by atoms with Gasteiger partial charge in [-0.15, -0.1) is 0 Å². The van der Waals surface area contributed by atoms with Crippen molar-refractivity contribution in [3.63, 3.8) is 0 Å². The van der Waals surface area contributed by atoms with Crippen molar-refractivity contribution >= 4 is 17.5 Å². The summed E-state index contributed by atoms with van der Waals surface area (Å²) < 4.78 is 6.39. The summed E-state index contributed by atoms with van der Waals surface area (Å²) in [6.45, 7) is 2.29. The van der Waals surface area contributed by atoms with Crippen LogP contribution in [0.4, 0.5) is 5.69 Å². The average molecular weight is 336 g/mol. The normalized spacial score (nSPS) is 25.3. The highest BCUT2D eigenvalue weighted by atomic mass is 16.5. The molecule has 0 saturated carbocycles. The molecule has 2 amide bonds. The summed E-state index contributed by atoms with van der Waals surface area (Å²) in [6, 6.07) is 17.4. The molecule has 2 aliphatic heterocycles. The Bertz CT molecular complexity index is 805. The number of carbonyl (C=O) groups is 2. The predicted octanol–water partition coefficient (Wildman–Crippen LogP) is 2.92. The number of hydrogen-bond acceptors (Lipinski definition) is 4. The lowest BCUT2D eigenvalue weighted by atomic mass is 9.85.